The normalized spacial score (nSPS) is 13.9. The summed E-state index contributed by atoms with van der Waals surface area (Å²) >= 11 is 0. The minimum atomic E-state index is -4.37. The van der Waals surface area contributed by atoms with Crippen LogP contribution in [-0.2, 0) is 17.6 Å². The van der Waals surface area contributed by atoms with Gasteiger partial charge in [-0.15, -0.1) is 5.73 Å². The van der Waals surface area contributed by atoms with E-state index >= 15 is 0 Å². The number of hydrogen-bond donors (Lipinski definition) is 2. The number of carbonyl (C=O) groups is 1. The molecule has 30 heavy (non-hydrogen) atoms. The molecule has 1 aliphatic carbocycles. The van der Waals surface area contributed by atoms with E-state index in [1.807, 2.05) is 19.1 Å². The number of carbonyl (C=O) groups excluding carboxylic acids is 1. The quantitative estimate of drug-likeness (QED) is 0.665. The van der Waals surface area contributed by atoms with Crippen molar-refractivity contribution >= 4 is 11.6 Å². The number of alkyl halides is 3. The van der Waals surface area contributed by atoms with Crippen LogP contribution >= 0.6 is 0 Å². The molecule has 4 nitrogen and oxygen atoms in total. The fourth-order valence-electron chi connectivity index (χ4n) is 3.00. The number of hydrogen-bond acceptors (Lipinski definition) is 3. The van der Waals surface area contributed by atoms with E-state index in [0.717, 1.165) is 24.1 Å². The molecule has 3 N–H and O–H groups in total. The van der Waals surface area contributed by atoms with Crippen molar-refractivity contribution in [3.63, 3.8) is 0 Å². The predicted octanol–water partition coefficient (Wildman–Crippen LogP) is 4.84. The summed E-state index contributed by atoms with van der Waals surface area (Å²) in [6.07, 6.45) is 0.196. The summed E-state index contributed by atoms with van der Waals surface area (Å²) in [4.78, 5) is 12.4. The number of aryl methyl sites for hydroxylation is 1. The molecule has 0 saturated heterocycles. The maximum Gasteiger partial charge on any atom is 0.416 e. The lowest BCUT2D eigenvalue weighted by Gasteiger charge is -2.15. The highest BCUT2D eigenvalue weighted by atomic mass is 19.4. The van der Waals surface area contributed by atoms with E-state index in [-0.39, 0.29) is 12.5 Å². The largest absolute Gasteiger partial charge is 0.489 e. The maximum atomic E-state index is 12.7. The molecule has 0 fully saturated rings. The Bertz CT molecular complexity index is 1030. The summed E-state index contributed by atoms with van der Waals surface area (Å²) in [6, 6.07) is 10.1. The third-order valence-electron chi connectivity index (χ3n) is 4.69. The minimum Gasteiger partial charge on any atom is -0.489 e. The third-order valence-corrected chi connectivity index (χ3v) is 4.69. The van der Waals surface area contributed by atoms with Gasteiger partial charge in [0.2, 0.25) is 0 Å². The van der Waals surface area contributed by atoms with Crippen LogP contribution in [0, 0.1) is 6.92 Å². The zero-order valence-corrected chi connectivity index (χ0v) is 16.3. The summed E-state index contributed by atoms with van der Waals surface area (Å²) in [5.41, 5.74) is 11.2. The first-order chi connectivity index (χ1) is 14.3. The molecule has 1 aliphatic rings. The highest BCUT2D eigenvalue weighted by Gasteiger charge is 2.29. The summed E-state index contributed by atoms with van der Waals surface area (Å²) in [5, 5.41) is 2.80. The van der Waals surface area contributed by atoms with Gasteiger partial charge >= 0.3 is 6.18 Å². The van der Waals surface area contributed by atoms with Gasteiger partial charge in [0.05, 0.1) is 16.8 Å². The first-order valence-corrected chi connectivity index (χ1v) is 9.35. The van der Waals surface area contributed by atoms with Crippen LogP contribution in [0.3, 0.4) is 0 Å². The average Bonchev–Trinajstić information content (AvgIpc) is 3.26. The van der Waals surface area contributed by atoms with Gasteiger partial charge in [0, 0.05) is 11.8 Å². The second-order valence-electron chi connectivity index (χ2n) is 6.86. The lowest BCUT2D eigenvalue weighted by Crippen LogP contribution is -2.24. The molecular weight excluding hydrogens is 393 g/mol. The Balaban J connectivity index is 1.71. The summed E-state index contributed by atoms with van der Waals surface area (Å²) < 4.78 is 43.7. The van der Waals surface area contributed by atoms with Crippen molar-refractivity contribution in [2.24, 2.45) is 5.73 Å². The van der Waals surface area contributed by atoms with Crippen LogP contribution in [0.25, 0.3) is 5.70 Å². The number of amides is 1. The molecule has 2 aromatic carbocycles. The van der Waals surface area contributed by atoms with E-state index in [0.29, 0.717) is 34.6 Å². The summed E-state index contributed by atoms with van der Waals surface area (Å²) in [5.74, 6) is 0.250. The number of rotatable bonds is 6. The van der Waals surface area contributed by atoms with Crippen molar-refractivity contribution < 1.29 is 22.7 Å². The predicted molar refractivity (Wildman–Crippen MR) is 108 cm³/mol. The van der Waals surface area contributed by atoms with Gasteiger partial charge in [-0.1, -0.05) is 18.2 Å². The van der Waals surface area contributed by atoms with Gasteiger partial charge in [-0.3, -0.25) is 4.79 Å². The lowest BCUT2D eigenvalue weighted by molar-refractivity contribution is -0.137. The molecule has 0 spiro atoms. The van der Waals surface area contributed by atoms with E-state index in [9.17, 15) is 18.0 Å². The van der Waals surface area contributed by atoms with Gasteiger partial charge in [-0.25, -0.2) is 0 Å². The molecule has 1 amide bonds. The van der Waals surface area contributed by atoms with Gasteiger partial charge in [0.1, 0.15) is 12.4 Å². The molecule has 0 radical (unpaired) electrons. The monoisotopic (exact) mass is 414 g/mol. The zero-order valence-electron chi connectivity index (χ0n) is 16.3. The minimum absolute atomic E-state index is 0.104. The highest BCUT2D eigenvalue weighted by Crippen LogP contribution is 2.29. The molecule has 7 heteroatoms. The third kappa shape index (κ3) is 5.13. The molecule has 0 aromatic heterocycles. The molecule has 0 bridgehead atoms. The Morgan fingerprint density at radius 1 is 1.23 bits per heavy atom. The van der Waals surface area contributed by atoms with Crippen LogP contribution in [0.4, 0.5) is 13.2 Å². The molecule has 0 heterocycles. The molecule has 0 atom stereocenters. The van der Waals surface area contributed by atoms with Gasteiger partial charge in [0.15, 0.2) is 0 Å². The molecule has 0 unspecified atom stereocenters. The van der Waals surface area contributed by atoms with Gasteiger partial charge < -0.3 is 15.8 Å². The fourth-order valence-corrected chi connectivity index (χ4v) is 3.00. The molecule has 3 rings (SSSR count). The van der Waals surface area contributed by atoms with Crippen LogP contribution < -0.4 is 15.8 Å². The van der Waals surface area contributed by atoms with Crippen molar-refractivity contribution in [1.82, 2.24) is 5.32 Å². The maximum absolute atomic E-state index is 12.7. The number of nitrogens with one attached hydrogen (secondary N) is 1. The van der Waals surface area contributed by atoms with Crippen LogP contribution in [0.2, 0.25) is 0 Å². The van der Waals surface area contributed by atoms with Crippen molar-refractivity contribution in [1.29, 1.82) is 0 Å². The van der Waals surface area contributed by atoms with Crippen LogP contribution in [0.1, 0.15) is 35.1 Å². The Hall–Kier alpha value is -3.44. The number of ether oxygens (including phenoxy) is 1. The van der Waals surface area contributed by atoms with E-state index in [4.69, 9.17) is 10.5 Å². The average molecular weight is 414 g/mol. The van der Waals surface area contributed by atoms with Gasteiger partial charge in [-0.05, 0) is 61.2 Å². The Kier molecular flexibility index (Phi) is 6.33. The second kappa shape index (κ2) is 8.93. The van der Waals surface area contributed by atoms with E-state index in [1.165, 1.54) is 18.3 Å². The molecule has 156 valence electrons. The first-order valence-electron chi connectivity index (χ1n) is 9.35. The fraction of sp³-hybridized carbons (Fsp3) is 0.217. The molecular formula is C23H21F3N2O2. The number of halogens is 3. The zero-order chi connectivity index (χ0) is 21.7. The van der Waals surface area contributed by atoms with E-state index in [2.05, 4.69) is 11.0 Å². The van der Waals surface area contributed by atoms with Crippen LogP contribution in [0.15, 0.2) is 66.0 Å². The smallest absolute Gasteiger partial charge is 0.416 e. The van der Waals surface area contributed by atoms with Crippen LogP contribution in [-0.4, -0.2) is 5.91 Å². The van der Waals surface area contributed by atoms with E-state index in [1.54, 1.807) is 12.1 Å². The highest BCUT2D eigenvalue weighted by molar-refractivity contribution is 5.99. The van der Waals surface area contributed by atoms with E-state index < -0.39 is 11.7 Å². The lowest BCUT2D eigenvalue weighted by atomic mass is 10.0. The summed E-state index contributed by atoms with van der Waals surface area (Å²) in [6.45, 7) is 1.98. The second-order valence-corrected chi connectivity index (χ2v) is 6.86. The first kappa shape index (κ1) is 21.3. The van der Waals surface area contributed by atoms with Gasteiger partial charge in [-0.2, -0.15) is 13.2 Å². The van der Waals surface area contributed by atoms with Crippen molar-refractivity contribution in [2.75, 3.05) is 0 Å². The Labute approximate surface area is 172 Å². The number of benzene rings is 2. The number of nitrogens with two attached hydrogens (primary N) is 1. The molecule has 0 aliphatic heterocycles. The standard InChI is InChI=1S/C23H21F3N2O2/c1-15-6-11-19(30-14-16-7-9-18(10-8-16)23(24,25)26)12-20(15)21(13-27)28-22(29)17-4-2-3-5-17/h2,6-13H,3,5,14,27H2,1H3,(H,28,29)/b21-13+. The van der Waals surface area contributed by atoms with Crippen molar-refractivity contribution in [2.45, 2.75) is 32.5 Å². The Morgan fingerprint density at radius 3 is 2.57 bits per heavy atom. The molecule has 0 saturated carbocycles. The SMILES string of the molecule is Cc1ccc(OCc2ccc(C(F)(F)F)cc2)cc1/C(=C\N)NC(=O)C1=C=CCC1. The van der Waals surface area contributed by atoms with Crippen molar-refractivity contribution in [3.8, 4) is 5.75 Å². The molecule has 2 aromatic rings. The Morgan fingerprint density at radius 2 is 1.97 bits per heavy atom. The van der Waals surface area contributed by atoms with Gasteiger partial charge in [0.25, 0.3) is 5.91 Å². The van der Waals surface area contributed by atoms with Crippen LogP contribution in [0.5, 0.6) is 5.75 Å². The topological polar surface area (TPSA) is 64.3 Å². The summed E-state index contributed by atoms with van der Waals surface area (Å²) in [7, 11) is 0. The van der Waals surface area contributed by atoms with Crippen molar-refractivity contribution in [3.05, 3.63) is 88.3 Å².